The van der Waals surface area contributed by atoms with Crippen LogP contribution in [0.5, 0.6) is 5.75 Å². The van der Waals surface area contributed by atoms with E-state index in [0.717, 1.165) is 17.1 Å². The second-order valence-corrected chi connectivity index (χ2v) is 8.41. The monoisotopic (exact) mass is 441 g/mol. The third-order valence-electron chi connectivity index (χ3n) is 4.72. The molecule has 0 bridgehead atoms. The summed E-state index contributed by atoms with van der Waals surface area (Å²) in [6.45, 7) is 2.96. The van der Waals surface area contributed by atoms with Gasteiger partial charge in [-0.25, -0.2) is 4.98 Å². The molecule has 3 aromatic rings. The van der Waals surface area contributed by atoms with E-state index in [1.165, 1.54) is 0 Å². The second kappa shape index (κ2) is 8.85. The summed E-state index contributed by atoms with van der Waals surface area (Å²) in [5.41, 5.74) is 2.56. The molecule has 30 heavy (non-hydrogen) atoms. The van der Waals surface area contributed by atoms with Gasteiger partial charge in [0, 0.05) is 29.6 Å². The predicted molar refractivity (Wildman–Crippen MR) is 119 cm³/mol. The number of hydrogen-bond donors (Lipinski definition) is 1. The normalized spacial score (nSPS) is 13.5. The highest BCUT2D eigenvalue weighted by molar-refractivity contribution is 7.09. The van der Waals surface area contributed by atoms with Gasteiger partial charge in [0.25, 0.3) is 5.91 Å². The van der Waals surface area contributed by atoms with Gasteiger partial charge in [0.2, 0.25) is 5.91 Å². The van der Waals surface area contributed by atoms with Gasteiger partial charge in [-0.05, 0) is 49.7 Å². The topological polar surface area (TPSA) is 71.5 Å². The van der Waals surface area contributed by atoms with Gasteiger partial charge >= 0.3 is 0 Å². The van der Waals surface area contributed by atoms with E-state index in [-0.39, 0.29) is 11.8 Å². The van der Waals surface area contributed by atoms with Crippen molar-refractivity contribution in [3.05, 3.63) is 69.1 Å². The number of ether oxygens (including phenoxy) is 1. The van der Waals surface area contributed by atoms with Crippen molar-refractivity contribution in [3.8, 4) is 5.75 Å². The van der Waals surface area contributed by atoms with Crippen LogP contribution in [-0.4, -0.2) is 23.3 Å². The smallest absolute Gasteiger partial charge is 0.255 e. The fourth-order valence-electron chi connectivity index (χ4n) is 3.27. The molecule has 1 fully saturated rings. The summed E-state index contributed by atoms with van der Waals surface area (Å²) >= 11 is 7.93. The molecule has 1 N–H and O–H groups in total. The van der Waals surface area contributed by atoms with Crippen LogP contribution in [-0.2, 0) is 11.4 Å². The first-order valence-corrected chi connectivity index (χ1v) is 10.8. The number of nitrogens with zero attached hydrogens (tertiary/aromatic N) is 2. The van der Waals surface area contributed by atoms with E-state index in [9.17, 15) is 9.59 Å². The summed E-state index contributed by atoms with van der Waals surface area (Å²) in [5, 5.41) is 6.21. The average molecular weight is 442 g/mol. The van der Waals surface area contributed by atoms with Gasteiger partial charge in [-0.1, -0.05) is 17.7 Å². The number of aryl methyl sites for hydroxylation is 1. The van der Waals surface area contributed by atoms with Gasteiger partial charge < -0.3 is 15.0 Å². The lowest BCUT2D eigenvalue weighted by molar-refractivity contribution is -0.117. The largest absolute Gasteiger partial charge is 0.487 e. The van der Waals surface area contributed by atoms with Crippen LogP contribution < -0.4 is 15.0 Å². The van der Waals surface area contributed by atoms with Crippen molar-refractivity contribution in [3.63, 3.8) is 0 Å². The van der Waals surface area contributed by atoms with Crippen molar-refractivity contribution in [2.24, 2.45) is 0 Å². The molecule has 4 rings (SSSR count). The second-order valence-electron chi connectivity index (χ2n) is 6.94. The van der Waals surface area contributed by atoms with Crippen LogP contribution in [0.2, 0.25) is 5.02 Å². The molecule has 0 saturated carbocycles. The third kappa shape index (κ3) is 4.63. The summed E-state index contributed by atoms with van der Waals surface area (Å²) in [4.78, 5) is 30.6. The zero-order chi connectivity index (χ0) is 21.1. The lowest BCUT2D eigenvalue weighted by Crippen LogP contribution is -2.24. The molecule has 154 valence electrons. The fourth-order valence-corrected chi connectivity index (χ4v) is 4.15. The first-order valence-electron chi connectivity index (χ1n) is 9.55. The Labute approximate surface area is 183 Å². The highest BCUT2D eigenvalue weighted by Crippen LogP contribution is 2.32. The molecule has 1 saturated heterocycles. The number of halogens is 1. The SMILES string of the molecule is Cc1nc(COc2cccc(C(=O)Nc3ccc(N4CCCC4=O)c(Cl)c3)c2)cs1. The number of aromatic nitrogens is 1. The molecule has 2 amide bonds. The third-order valence-corrected chi connectivity index (χ3v) is 5.84. The highest BCUT2D eigenvalue weighted by Gasteiger charge is 2.23. The van der Waals surface area contributed by atoms with Crippen molar-refractivity contribution in [1.29, 1.82) is 0 Å². The van der Waals surface area contributed by atoms with E-state index in [1.54, 1.807) is 58.7 Å². The van der Waals surface area contributed by atoms with Crippen LogP contribution in [0.15, 0.2) is 47.8 Å². The molecule has 2 heterocycles. The minimum absolute atomic E-state index is 0.0679. The Hall–Kier alpha value is -2.90. The molecule has 0 spiro atoms. The molecule has 0 radical (unpaired) electrons. The number of nitrogens with one attached hydrogen (secondary N) is 1. The van der Waals surface area contributed by atoms with Crippen molar-refractivity contribution in [2.75, 3.05) is 16.8 Å². The number of carbonyl (C=O) groups excluding carboxylic acids is 2. The molecule has 1 aromatic heterocycles. The quantitative estimate of drug-likeness (QED) is 0.580. The maximum Gasteiger partial charge on any atom is 0.255 e. The van der Waals surface area contributed by atoms with Crippen molar-refractivity contribution >= 4 is 46.1 Å². The Balaban J connectivity index is 1.42. The van der Waals surface area contributed by atoms with Crippen LogP contribution in [0.1, 0.15) is 33.9 Å². The lowest BCUT2D eigenvalue weighted by Gasteiger charge is -2.18. The zero-order valence-corrected chi connectivity index (χ0v) is 17.9. The van der Waals surface area contributed by atoms with Crippen molar-refractivity contribution < 1.29 is 14.3 Å². The first kappa shape index (κ1) is 20.4. The minimum Gasteiger partial charge on any atom is -0.487 e. The van der Waals surface area contributed by atoms with Gasteiger partial charge in [0.1, 0.15) is 12.4 Å². The standard InChI is InChI=1S/C22H20ClN3O3S/c1-14-24-17(13-30-14)12-29-18-5-2-4-15(10-18)22(28)25-16-7-8-20(19(23)11-16)26-9-3-6-21(26)27/h2,4-5,7-8,10-11,13H,3,6,9,12H2,1H3,(H,25,28). The van der Waals surface area contributed by atoms with E-state index in [1.807, 2.05) is 12.3 Å². The zero-order valence-electron chi connectivity index (χ0n) is 16.4. The van der Waals surface area contributed by atoms with Crippen LogP contribution in [0, 0.1) is 6.92 Å². The average Bonchev–Trinajstić information content (AvgIpc) is 3.35. The number of hydrogen-bond acceptors (Lipinski definition) is 5. The summed E-state index contributed by atoms with van der Waals surface area (Å²) < 4.78 is 5.75. The Kier molecular flexibility index (Phi) is 6.01. The van der Waals surface area contributed by atoms with Gasteiger partial charge in [-0.2, -0.15) is 0 Å². The van der Waals surface area contributed by atoms with Gasteiger partial charge in [0.05, 0.1) is 21.4 Å². The molecule has 1 aliphatic heterocycles. The van der Waals surface area contributed by atoms with E-state index >= 15 is 0 Å². The molecule has 0 atom stereocenters. The number of anilines is 2. The van der Waals surface area contributed by atoms with E-state index in [4.69, 9.17) is 16.3 Å². The number of benzene rings is 2. The molecule has 0 aliphatic carbocycles. The van der Waals surface area contributed by atoms with Crippen LogP contribution in [0.3, 0.4) is 0 Å². The summed E-state index contributed by atoms with van der Waals surface area (Å²) in [7, 11) is 0. The number of thiazole rings is 1. The van der Waals surface area contributed by atoms with E-state index in [2.05, 4.69) is 10.3 Å². The summed E-state index contributed by atoms with van der Waals surface area (Å²) in [6.07, 6.45) is 1.36. The van der Waals surface area contributed by atoms with Crippen molar-refractivity contribution in [1.82, 2.24) is 4.98 Å². The number of rotatable bonds is 6. The minimum atomic E-state index is -0.272. The summed E-state index contributed by atoms with van der Waals surface area (Å²) in [6, 6.07) is 12.1. The lowest BCUT2D eigenvalue weighted by atomic mass is 10.2. The fraction of sp³-hybridized carbons (Fsp3) is 0.227. The highest BCUT2D eigenvalue weighted by atomic mass is 35.5. The van der Waals surface area contributed by atoms with Gasteiger partial charge in [0.15, 0.2) is 0 Å². The maximum absolute atomic E-state index is 12.7. The molecular weight excluding hydrogens is 422 g/mol. The Bertz CT molecular complexity index is 1100. The van der Waals surface area contributed by atoms with Crippen LogP contribution >= 0.6 is 22.9 Å². The molecule has 8 heteroatoms. The molecular formula is C22H20ClN3O3S. The first-order chi connectivity index (χ1) is 14.5. The maximum atomic E-state index is 12.7. The molecule has 1 aliphatic rings. The van der Waals surface area contributed by atoms with Crippen LogP contribution in [0.4, 0.5) is 11.4 Å². The predicted octanol–water partition coefficient (Wildman–Crippen LogP) is 5.06. The molecule has 2 aromatic carbocycles. The Morgan fingerprint density at radius 1 is 1.30 bits per heavy atom. The van der Waals surface area contributed by atoms with E-state index < -0.39 is 0 Å². The van der Waals surface area contributed by atoms with Crippen LogP contribution in [0.25, 0.3) is 0 Å². The van der Waals surface area contributed by atoms with E-state index in [0.29, 0.717) is 47.3 Å². The van der Waals surface area contributed by atoms with Gasteiger partial charge in [-0.15, -0.1) is 11.3 Å². The molecule has 0 unspecified atom stereocenters. The Morgan fingerprint density at radius 2 is 2.17 bits per heavy atom. The number of carbonyl (C=O) groups is 2. The Morgan fingerprint density at radius 3 is 2.87 bits per heavy atom. The summed E-state index contributed by atoms with van der Waals surface area (Å²) in [5.74, 6) is 0.388. The van der Waals surface area contributed by atoms with Crippen molar-refractivity contribution in [2.45, 2.75) is 26.4 Å². The van der Waals surface area contributed by atoms with Gasteiger partial charge in [-0.3, -0.25) is 9.59 Å². The molecule has 6 nitrogen and oxygen atoms in total. The number of amides is 2.